The molecule has 0 aliphatic heterocycles. The Morgan fingerprint density at radius 3 is 1.41 bits per heavy atom. The minimum Gasteiger partial charge on any atom is -0.494 e. The van der Waals surface area contributed by atoms with Gasteiger partial charge in [0.15, 0.2) is 0 Å². The summed E-state index contributed by atoms with van der Waals surface area (Å²) >= 11 is 3.78. The lowest BCUT2D eigenvalue weighted by molar-refractivity contribution is 0.308. The first-order valence-electron chi connectivity index (χ1n) is 14.6. The van der Waals surface area contributed by atoms with Crippen molar-refractivity contribution in [1.29, 1.82) is 0 Å². The molecule has 0 fully saturated rings. The van der Waals surface area contributed by atoms with E-state index in [0.29, 0.717) is 36.8 Å². The van der Waals surface area contributed by atoms with Gasteiger partial charge in [0, 0.05) is 20.3 Å². The number of fused-ring (bicyclic) bond motifs is 3. The minimum absolute atomic E-state index is 0.446. The Balaban J connectivity index is 1.12. The first-order valence-corrected chi connectivity index (χ1v) is 16.3. The first-order chi connectivity index (χ1) is 20.2. The van der Waals surface area contributed by atoms with Crippen LogP contribution in [0.25, 0.3) is 11.1 Å². The van der Waals surface area contributed by atoms with Gasteiger partial charge in [-0.15, -0.1) is 23.5 Å². The standard InChI is InChI=1S/C35H40N2O2S2/c36-19-15-32(40-30-7-3-1-4-8-30)17-21-38-28-11-13-34-26(24-28)23-27-25-29(12-14-35(27)34)39-22-18-33(16-20-37)41-31-9-5-2-6-10-31/h1-14,24-25,32-33H,15-23,36-37H2. The zero-order valence-corrected chi connectivity index (χ0v) is 25.2. The molecule has 0 spiro atoms. The summed E-state index contributed by atoms with van der Waals surface area (Å²) in [5.74, 6) is 1.87. The van der Waals surface area contributed by atoms with E-state index in [1.165, 1.54) is 32.0 Å². The van der Waals surface area contributed by atoms with Crippen molar-refractivity contribution in [2.45, 2.75) is 52.4 Å². The predicted octanol–water partition coefficient (Wildman–Crippen LogP) is 7.82. The molecular weight excluding hydrogens is 545 g/mol. The molecule has 4 aromatic carbocycles. The third-order valence-electron chi connectivity index (χ3n) is 7.31. The molecule has 5 rings (SSSR count). The van der Waals surface area contributed by atoms with E-state index >= 15 is 0 Å². The maximum absolute atomic E-state index is 6.22. The third kappa shape index (κ3) is 8.55. The van der Waals surface area contributed by atoms with Crippen molar-refractivity contribution >= 4 is 23.5 Å². The van der Waals surface area contributed by atoms with Crippen molar-refractivity contribution in [2.24, 2.45) is 11.5 Å². The Morgan fingerprint density at radius 1 is 0.561 bits per heavy atom. The molecular formula is C35H40N2O2S2. The molecule has 214 valence electrons. The molecule has 0 amide bonds. The Bertz CT molecular complexity index is 1260. The molecule has 6 heteroatoms. The summed E-state index contributed by atoms with van der Waals surface area (Å²) in [6.45, 7) is 2.74. The summed E-state index contributed by atoms with van der Waals surface area (Å²) in [5, 5.41) is 0.893. The summed E-state index contributed by atoms with van der Waals surface area (Å²) in [5.41, 5.74) is 17.0. The Hall–Kier alpha value is -2.90. The third-order valence-corrected chi connectivity index (χ3v) is 10.0. The zero-order chi connectivity index (χ0) is 28.3. The van der Waals surface area contributed by atoms with E-state index in [0.717, 1.165) is 43.6 Å². The van der Waals surface area contributed by atoms with Crippen LogP contribution in [0.5, 0.6) is 11.5 Å². The van der Waals surface area contributed by atoms with Gasteiger partial charge in [-0.05, 0) is 116 Å². The average molecular weight is 585 g/mol. The van der Waals surface area contributed by atoms with Gasteiger partial charge in [0.1, 0.15) is 11.5 Å². The summed E-state index contributed by atoms with van der Waals surface area (Å²) < 4.78 is 12.4. The second-order valence-electron chi connectivity index (χ2n) is 10.3. The van der Waals surface area contributed by atoms with Crippen molar-refractivity contribution < 1.29 is 9.47 Å². The summed E-state index contributed by atoms with van der Waals surface area (Å²) in [6, 6.07) is 34.1. The van der Waals surface area contributed by atoms with E-state index in [4.69, 9.17) is 20.9 Å². The summed E-state index contributed by atoms with van der Waals surface area (Å²) in [4.78, 5) is 2.57. The fraction of sp³-hybridized carbons (Fsp3) is 0.314. The molecule has 0 bridgehead atoms. The van der Waals surface area contributed by atoms with Gasteiger partial charge in [-0.25, -0.2) is 0 Å². The number of rotatable bonds is 16. The number of hydrogen-bond acceptors (Lipinski definition) is 6. The number of nitrogens with two attached hydrogens (primary N) is 2. The van der Waals surface area contributed by atoms with Crippen LogP contribution in [-0.2, 0) is 6.42 Å². The first kappa shape index (κ1) is 29.6. The van der Waals surface area contributed by atoms with E-state index in [1.54, 1.807) is 0 Å². The molecule has 0 saturated carbocycles. The highest BCUT2D eigenvalue weighted by Gasteiger charge is 2.20. The van der Waals surface area contributed by atoms with Gasteiger partial charge in [-0.2, -0.15) is 0 Å². The largest absolute Gasteiger partial charge is 0.494 e. The highest BCUT2D eigenvalue weighted by atomic mass is 32.2. The van der Waals surface area contributed by atoms with Crippen LogP contribution in [0.4, 0.5) is 0 Å². The molecule has 2 unspecified atom stereocenters. The number of benzene rings is 4. The highest BCUT2D eigenvalue weighted by molar-refractivity contribution is 8.00. The van der Waals surface area contributed by atoms with Crippen LogP contribution in [0.3, 0.4) is 0 Å². The molecule has 0 radical (unpaired) electrons. The average Bonchev–Trinajstić information content (AvgIpc) is 3.35. The molecule has 2 atom stereocenters. The maximum atomic E-state index is 6.22. The topological polar surface area (TPSA) is 70.5 Å². The molecule has 1 aliphatic rings. The van der Waals surface area contributed by atoms with Crippen molar-refractivity contribution in [3.8, 4) is 22.6 Å². The van der Waals surface area contributed by atoms with Crippen LogP contribution in [0.1, 0.15) is 36.8 Å². The van der Waals surface area contributed by atoms with Crippen molar-refractivity contribution in [1.82, 2.24) is 0 Å². The van der Waals surface area contributed by atoms with Crippen LogP contribution >= 0.6 is 23.5 Å². The van der Waals surface area contributed by atoms with E-state index in [2.05, 4.69) is 97.1 Å². The number of thioether (sulfide) groups is 2. The lowest BCUT2D eigenvalue weighted by Gasteiger charge is -2.16. The fourth-order valence-electron chi connectivity index (χ4n) is 5.24. The highest BCUT2D eigenvalue weighted by Crippen LogP contribution is 2.40. The Labute approximate surface area is 253 Å². The quantitative estimate of drug-likeness (QED) is 0.115. The normalized spacial score (nSPS) is 13.3. The monoisotopic (exact) mass is 584 g/mol. The SMILES string of the molecule is NCCC(CCOc1ccc2c(c1)Cc1cc(OCCC(CCN)Sc3ccccc3)ccc1-2)Sc1ccccc1. The van der Waals surface area contributed by atoms with Crippen molar-refractivity contribution in [2.75, 3.05) is 26.3 Å². The van der Waals surface area contributed by atoms with Gasteiger partial charge in [0.25, 0.3) is 0 Å². The smallest absolute Gasteiger partial charge is 0.119 e. The molecule has 0 saturated heterocycles. The van der Waals surface area contributed by atoms with Crippen LogP contribution in [-0.4, -0.2) is 36.8 Å². The van der Waals surface area contributed by atoms with Gasteiger partial charge in [-0.1, -0.05) is 48.5 Å². The second-order valence-corrected chi connectivity index (χ2v) is 13.1. The van der Waals surface area contributed by atoms with E-state index in [1.807, 2.05) is 23.5 Å². The maximum Gasteiger partial charge on any atom is 0.119 e. The molecule has 1 aliphatic carbocycles. The number of hydrogen-bond donors (Lipinski definition) is 2. The van der Waals surface area contributed by atoms with Crippen LogP contribution in [0, 0.1) is 0 Å². The predicted molar refractivity (Wildman–Crippen MR) is 174 cm³/mol. The molecule has 0 aromatic heterocycles. The number of ether oxygens (including phenoxy) is 2. The van der Waals surface area contributed by atoms with Gasteiger partial charge in [0.2, 0.25) is 0 Å². The fourth-order valence-corrected chi connectivity index (χ4v) is 7.57. The van der Waals surface area contributed by atoms with Crippen LogP contribution in [0.2, 0.25) is 0 Å². The Morgan fingerprint density at radius 2 is 1.00 bits per heavy atom. The van der Waals surface area contributed by atoms with Gasteiger partial charge < -0.3 is 20.9 Å². The lowest BCUT2D eigenvalue weighted by Crippen LogP contribution is -2.14. The van der Waals surface area contributed by atoms with Gasteiger partial charge >= 0.3 is 0 Å². The Kier molecular flexibility index (Phi) is 11.1. The molecule has 0 heterocycles. The van der Waals surface area contributed by atoms with E-state index in [9.17, 15) is 0 Å². The lowest BCUT2D eigenvalue weighted by atomic mass is 10.1. The van der Waals surface area contributed by atoms with E-state index < -0.39 is 0 Å². The zero-order valence-electron chi connectivity index (χ0n) is 23.5. The van der Waals surface area contributed by atoms with Crippen LogP contribution in [0.15, 0.2) is 107 Å². The minimum atomic E-state index is 0.446. The molecule has 41 heavy (non-hydrogen) atoms. The summed E-state index contributed by atoms with van der Waals surface area (Å²) in [6.07, 6.45) is 4.78. The summed E-state index contributed by atoms with van der Waals surface area (Å²) in [7, 11) is 0. The van der Waals surface area contributed by atoms with Crippen LogP contribution < -0.4 is 20.9 Å². The van der Waals surface area contributed by atoms with Crippen molar-refractivity contribution in [3.63, 3.8) is 0 Å². The van der Waals surface area contributed by atoms with Gasteiger partial charge in [-0.3, -0.25) is 0 Å². The molecule has 4 N–H and O–H groups in total. The van der Waals surface area contributed by atoms with Crippen molar-refractivity contribution in [3.05, 3.63) is 108 Å². The van der Waals surface area contributed by atoms with E-state index in [-0.39, 0.29) is 0 Å². The molecule has 4 aromatic rings. The van der Waals surface area contributed by atoms with Gasteiger partial charge in [0.05, 0.1) is 13.2 Å². The second kappa shape index (κ2) is 15.4. The molecule has 4 nitrogen and oxygen atoms in total.